The normalized spacial score (nSPS) is 10.6. The van der Waals surface area contributed by atoms with Crippen molar-refractivity contribution in [3.8, 4) is 22.6 Å². The van der Waals surface area contributed by atoms with Crippen LogP contribution in [0.3, 0.4) is 0 Å². The second kappa shape index (κ2) is 7.87. The van der Waals surface area contributed by atoms with Crippen molar-refractivity contribution >= 4 is 5.97 Å². The second-order valence-corrected chi connectivity index (χ2v) is 6.42. The highest BCUT2D eigenvalue weighted by Crippen LogP contribution is 2.27. The third-order valence-electron chi connectivity index (χ3n) is 4.28. The van der Waals surface area contributed by atoms with Crippen LogP contribution in [0.2, 0.25) is 0 Å². The van der Waals surface area contributed by atoms with Gasteiger partial charge in [-0.25, -0.2) is 4.79 Å². The van der Waals surface area contributed by atoms with E-state index in [-0.39, 0.29) is 5.97 Å². The van der Waals surface area contributed by atoms with Crippen molar-refractivity contribution in [2.24, 2.45) is 0 Å². The highest BCUT2D eigenvalue weighted by Gasteiger charge is 2.06. The van der Waals surface area contributed by atoms with Gasteiger partial charge < -0.3 is 9.47 Å². The van der Waals surface area contributed by atoms with Crippen LogP contribution in [0.4, 0.5) is 0 Å². The summed E-state index contributed by atoms with van der Waals surface area (Å²) in [5.74, 6) is 1.79. The Kier molecular flexibility index (Phi) is 5.37. The summed E-state index contributed by atoms with van der Waals surface area (Å²) >= 11 is 0. The van der Waals surface area contributed by atoms with Crippen LogP contribution in [0.25, 0.3) is 11.1 Å². The Morgan fingerprint density at radius 3 is 1.65 bits per heavy atom. The monoisotopic (exact) mass is 346 g/mol. The van der Waals surface area contributed by atoms with E-state index < -0.39 is 0 Å². The molecule has 3 aromatic carbocycles. The minimum atomic E-state index is -0.330. The fourth-order valence-electron chi connectivity index (χ4n) is 2.69. The zero-order valence-electron chi connectivity index (χ0n) is 15.2. The van der Waals surface area contributed by atoms with Gasteiger partial charge >= 0.3 is 5.97 Å². The van der Waals surface area contributed by atoms with E-state index in [1.807, 2.05) is 48.5 Å². The van der Waals surface area contributed by atoms with Gasteiger partial charge in [-0.15, -0.1) is 0 Å². The van der Waals surface area contributed by atoms with E-state index in [0.717, 1.165) is 22.6 Å². The number of rotatable bonds is 5. The van der Waals surface area contributed by atoms with E-state index in [1.54, 1.807) is 12.1 Å². The average molecular weight is 346 g/mol. The first-order valence-corrected chi connectivity index (χ1v) is 8.63. The summed E-state index contributed by atoms with van der Waals surface area (Å²) in [5.41, 5.74) is 3.93. The zero-order valence-corrected chi connectivity index (χ0v) is 15.2. The van der Waals surface area contributed by atoms with Crippen LogP contribution in [0.1, 0.15) is 35.7 Å². The highest BCUT2D eigenvalue weighted by molar-refractivity contribution is 5.89. The molecular weight excluding hydrogens is 324 g/mol. The summed E-state index contributed by atoms with van der Waals surface area (Å²) in [6.07, 6.45) is 0. The lowest BCUT2D eigenvalue weighted by Gasteiger charge is -2.09. The minimum Gasteiger partial charge on any atom is -0.465 e. The summed E-state index contributed by atoms with van der Waals surface area (Å²) in [5, 5.41) is 0. The van der Waals surface area contributed by atoms with Gasteiger partial charge in [-0.2, -0.15) is 0 Å². The van der Waals surface area contributed by atoms with Gasteiger partial charge in [-0.3, -0.25) is 0 Å². The summed E-state index contributed by atoms with van der Waals surface area (Å²) in [6, 6.07) is 23.4. The van der Waals surface area contributed by atoms with Gasteiger partial charge in [0.2, 0.25) is 0 Å². The lowest BCUT2D eigenvalue weighted by Crippen LogP contribution is -2.00. The van der Waals surface area contributed by atoms with Gasteiger partial charge in [0.05, 0.1) is 12.7 Å². The molecule has 0 bridgehead atoms. The topological polar surface area (TPSA) is 35.5 Å². The first-order chi connectivity index (χ1) is 12.6. The first kappa shape index (κ1) is 17.7. The largest absolute Gasteiger partial charge is 0.465 e. The molecule has 0 unspecified atom stereocenters. The summed E-state index contributed by atoms with van der Waals surface area (Å²) in [7, 11) is 1.38. The smallest absolute Gasteiger partial charge is 0.337 e. The molecule has 0 saturated heterocycles. The molecule has 132 valence electrons. The van der Waals surface area contributed by atoms with Gasteiger partial charge in [0.25, 0.3) is 0 Å². The van der Waals surface area contributed by atoms with Gasteiger partial charge in [-0.1, -0.05) is 50.2 Å². The average Bonchev–Trinajstić information content (AvgIpc) is 2.68. The van der Waals surface area contributed by atoms with Crippen molar-refractivity contribution in [2.75, 3.05) is 7.11 Å². The molecule has 3 aromatic rings. The molecule has 0 aliphatic rings. The highest BCUT2D eigenvalue weighted by atomic mass is 16.5. The third kappa shape index (κ3) is 4.12. The van der Waals surface area contributed by atoms with Crippen LogP contribution in [-0.2, 0) is 4.74 Å². The SMILES string of the molecule is COC(=O)c1ccc(-c2ccc(Oc3ccc(C(C)C)cc3)cc2)cc1. The predicted octanol–water partition coefficient (Wildman–Crippen LogP) is 6.06. The maximum Gasteiger partial charge on any atom is 0.337 e. The molecule has 0 spiro atoms. The number of carbonyl (C=O) groups is 1. The van der Waals surface area contributed by atoms with Gasteiger partial charge in [0, 0.05) is 0 Å². The molecule has 3 rings (SSSR count). The first-order valence-electron chi connectivity index (χ1n) is 8.63. The number of carbonyl (C=O) groups excluding carboxylic acids is 1. The number of benzene rings is 3. The molecule has 0 heterocycles. The number of ether oxygens (including phenoxy) is 2. The van der Waals surface area contributed by atoms with Crippen molar-refractivity contribution in [3.05, 3.63) is 83.9 Å². The van der Waals surface area contributed by atoms with Crippen molar-refractivity contribution in [3.63, 3.8) is 0 Å². The quantitative estimate of drug-likeness (QED) is 0.527. The van der Waals surface area contributed by atoms with E-state index in [4.69, 9.17) is 9.47 Å². The number of hydrogen-bond acceptors (Lipinski definition) is 3. The van der Waals surface area contributed by atoms with Gasteiger partial charge in [-0.05, 0) is 59.0 Å². The maximum atomic E-state index is 11.5. The zero-order chi connectivity index (χ0) is 18.5. The van der Waals surface area contributed by atoms with Crippen molar-refractivity contribution in [1.29, 1.82) is 0 Å². The molecule has 26 heavy (non-hydrogen) atoms. The Morgan fingerprint density at radius 1 is 0.731 bits per heavy atom. The van der Waals surface area contributed by atoms with E-state index >= 15 is 0 Å². The molecule has 0 aromatic heterocycles. The van der Waals surface area contributed by atoms with Gasteiger partial charge in [0.1, 0.15) is 11.5 Å². The van der Waals surface area contributed by atoms with Gasteiger partial charge in [0.15, 0.2) is 0 Å². The molecule has 0 amide bonds. The van der Waals surface area contributed by atoms with Crippen LogP contribution in [0, 0.1) is 0 Å². The summed E-state index contributed by atoms with van der Waals surface area (Å²) < 4.78 is 10.6. The predicted molar refractivity (Wildman–Crippen MR) is 104 cm³/mol. The molecule has 0 N–H and O–H groups in total. The maximum absolute atomic E-state index is 11.5. The van der Waals surface area contributed by atoms with Crippen LogP contribution in [0.5, 0.6) is 11.5 Å². The van der Waals surface area contributed by atoms with E-state index in [0.29, 0.717) is 11.5 Å². The summed E-state index contributed by atoms with van der Waals surface area (Å²) in [6.45, 7) is 4.35. The lowest BCUT2D eigenvalue weighted by atomic mass is 10.0. The Balaban J connectivity index is 1.71. The van der Waals surface area contributed by atoms with Crippen molar-refractivity contribution < 1.29 is 14.3 Å². The van der Waals surface area contributed by atoms with E-state index in [9.17, 15) is 4.79 Å². The Hall–Kier alpha value is -3.07. The standard InChI is InChI=1S/C23H22O3/c1-16(2)17-8-12-21(13-9-17)26-22-14-10-19(11-15-22)18-4-6-20(7-5-18)23(24)25-3/h4-16H,1-3H3. The molecule has 0 fully saturated rings. The molecule has 0 saturated carbocycles. The third-order valence-corrected chi connectivity index (χ3v) is 4.28. The molecule has 0 radical (unpaired) electrons. The Labute approximate surface area is 154 Å². The summed E-state index contributed by atoms with van der Waals surface area (Å²) in [4.78, 5) is 11.5. The molecule has 3 nitrogen and oxygen atoms in total. The molecule has 3 heteroatoms. The fraction of sp³-hybridized carbons (Fsp3) is 0.174. The Morgan fingerprint density at radius 2 is 1.19 bits per heavy atom. The molecular formula is C23H22O3. The van der Waals surface area contributed by atoms with Crippen LogP contribution in [-0.4, -0.2) is 13.1 Å². The Bertz CT molecular complexity index is 861. The number of hydrogen-bond donors (Lipinski definition) is 0. The van der Waals surface area contributed by atoms with Crippen LogP contribution in [0.15, 0.2) is 72.8 Å². The van der Waals surface area contributed by atoms with Crippen LogP contribution >= 0.6 is 0 Å². The second-order valence-electron chi connectivity index (χ2n) is 6.42. The van der Waals surface area contributed by atoms with Crippen LogP contribution < -0.4 is 4.74 Å². The lowest BCUT2D eigenvalue weighted by molar-refractivity contribution is 0.0601. The molecule has 0 aliphatic heterocycles. The fourth-order valence-corrected chi connectivity index (χ4v) is 2.69. The minimum absolute atomic E-state index is 0.330. The van der Waals surface area contributed by atoms with E-state index in [2.05, 4.69) is 26.0 Å². The van der Waals surface area contributed by atoms with Crippen molar-refractivity contribution in [1.82, 2.24) is 0 Å². The molecule has 0 aliphatic carbocycles. The van der Waals surface area contributed by atoms with Crippen molar-refractivity contribution in [2.45, 2.75) is 19.8 Å². The number of esters is 1. The molecule has 0 atom stereocenters. The number of methoxy groups -OCH3 is 1. The van der Waals surface area contributed by atoms with E-state index in [1.165, 1.54) is 12.7 Å².